The van der Waals surface area contributed by atoms with E-state index in [4.69, 9.17) is 37.2 Å². The third-order valence-corrected chi connectivity index (χ3v) is 12.4. The van der Waals surface area contributed by atoms with Crippen molar-refractivity contribution < 1.29 is 24.2 Å². The van der Waals surface area contributed by atoms with Crippen LogP contribution < -0.4 is 20.4 Å². The second-order valence-corrected chi connectivity index (χ2v) is 19.6. The van der Waals surface area contributed by atoms with Crippen molar-refractivity contribution in [3.63, 3.8) is 0 Å². The number of aromatic nitrogens is 6. The lowest BCUT2D eigenvalue weighted by molar-refractivity contribution is -0.136. The van der Waals surface area contributed by atoms with Crippen molar-refractivity contribution in [1.29, 1.82) is 15.8 Å². The Bertz CT molecular complexity index is 2710. The number of halogens is 1. The van der Waals surface area contributed by atoms with Gasteiger partial charge in [-0.2, -0.15) is 15.8 Å². The fraction of sp³-hybridized carbons (Fsp3) is 0.444. The molecule has 0 bridgehead atoms. The van der Waals surface area contributed by atoms with Gasteiger partial charge in [-0.05, 0) is 80.5 Å². The van der Waals surface area contributed by atoms with Crippen LogP contribution in [0.4, 0.5) is 16.4 Å². The highest BCUT2D eigenvalue weighted by Crippen LogP contribution is 2.40. The largest absolute Gasteiger partial charge is 0.481 e. The summed E-state index contributed by atoms with van der Waals surface area (Å²) < 4.78 is 5.24. The Morgan fingerprint density at radius 1 is 0.587 bits per heavy atom. The summed E-state index contributed by atoms with van der Waals surface area (Å²) in [7, 11) is 0. The summed E-state index contributed by atoms with van der Waals surface area (Å²) >= 11 is 5.39. The van der Waals surface area contributed by atoms with E-state index in [1.807, 2.05) is 56.0 Å². The van der Waals surface area contributed by atoms with Gasteiger partial charge in [0.25, 0.3) is 0 Å². The monoisotopic (exact) mass is 1040 g/mol. The first-order valence-corrected chi connectivity index (χ1v) is 25.5. The number of nitrogens with zero attached hydrogens (tertiary/aromatic N) is 13. The van der Waals surface area contributed by atoms with Crippen LogP contribution in [0.15, 0.2) is 85.7 Å². The number of nitriles is 3. The second kappa shape index (κ2) is 28.6. The van der Waals surface area contributed by atoms with Crippen molar-refractivity contribution in [2.24, 2.45) is 0 Å². The predicted octanol–water partition coefficient (Wildman–Crippen LogP) is 5.89. The molecule has 2 saturated carbocycles. The zero-order valence-corrected chi connectivity index (χ0v) is 43.5. The number of anilines is 2. The van der Waals surface area contributed by atoms with E-state index in [2.05, 4.69) is 86.7 Å². The van der Waals surface area contributed by atoms with Gasteiger partial charge in [0.05, 0.1) is 50.0 Å². The minimum Gasteiger partial charge on any atom is -0.481 e. The average molecular weight is 1040 g/mol. The van der Waals surface area contributed by atoms with Crippen LogP contribution in [0, 0.1) is 34.0 Å². The first kappa shape index (κ1) is 56.5. The number of carbonyl (C=O) groups excluding carboxylic acids is 2. The summed E-state index contributed by atoms with van der Waals surface area (Å²) in [6.07, 6.45) is 14.5. The van der Waals surface area contributed by atoms with Gasteiger partial charge in [0, 0.05) is 78.5 Å². The molecular weight excluding hydrogens is 974 g/mol. The van der Waals surface area contributed by atoms with Gasteiger partial charge >= 0.3 is 12.1 Å². The number of hydrogen-bond donors (Lipinski definition) is 3. The molecule has 0 radical (unpaired) electrons. The summed E-state index contributed by atoms with van der Waals surface area (Å²) in [4.78, 5) is 66.2. The van der Waals surface area contributed by atoms with Crippen LogP contribution in [-0.4, -0.2) is 147 Å². The first-order chi connectivity index (χ1) is 36.2. The van der Waals surface area contributed by atoms with E-state index in [0.717, 1.165) is 100 Å². The van der Waals surface area contributed by atoms with Gasteiger partial charge in [0.15, 0.2) is 17.1 Å². The van der Waals surface area contributed by atoms with Crippen LogP contribution in [-0.2, 0) is 27.2 Å². The molecule has 75 heavy (non-hydrogen) atoms. The number of rotatable bonds is 8. The number of amides is 2. The maximum atomic E-state index is 12.6. The molecule has 2 amide bonds. The Morgan fingerprint density at radius 2 is 1.01 bits per heavy atom. The molecule has 392 valence electrons. The molecule has 21 heteroatoms. The predicted molar refractivity (Wildman–Crippen MR) is 282 cm³/mol. The Hall–Kier alpha value is -7.83. The van der Waals surface area contributed by atoms with E-state index in [1.54, 1.807) is 17.3 Å². The van der Waals surface area contributed by atoms with Gasteiger partial charge < -0.3 is 40.1 Å². The molecule has 2 aromatic carbocycles. The molecule has 5 aliphatic rings. The fourth-order valence-electron chi connectivity index (χ4n) is 7.82. The van der Waals surface area contributed by atoms with E-state index in [9.17, 15) is 14.4 Å². The lowest BCUT2D eigenvalue weighted by Crippen LogP contribution is -2.49. The van der Waals surface area contributed by atoms with E-state index in [-0.39, 0.29) is 29.7 Å². The van der Waals surface area contributed by atoms with Gasteiger partial charge in [0.2, 0.25) is 5.91 Å². The molecule has 3 saturated heterocycles. The summed E-state index contributed by atoms with van der Waals surface area (Å²) in [5.41, 5.74) is 5.30. The minimum atomic E-state index is -0.765. The van der Waals surface area contributed by atoms with Gasteiger partial charge in [-0.1, -0.05) is 60.1 Å². The van der Waals surface area contributed by atoms with Crippen molar-refractivity contribution in [1.82, 2.24) is 50.3 Å². The Morgan fingerprint density at radius 3 is 1.40 bits per heavy atom. The quantitative estimate of drug-likeness (QED) is 0.163. The molecule has 0 unspecified atom stereocenters. The third kappa shape index (κ3) is 19.8. The maximum absolute atomic E-state index is 12.6. The lowest BCUT2D eigenvalue weighted by atomic mass is 10.1. The number of piperazine rings is 3. The van der Waals surface area contributed by atoms with E-state index < -0.39 is 5.97 Å². The number of ether oxygens (including phenoxy) is 1. The number of hydrogen-bond acceptors (Lipinski definition) is 17. The normalized spacial score (nSPS) is 15.9. The van der Waals surface area contributed by atoms with Gasteiger partial charge in [0.1, 0.15) is 40.6 Å². The number of benzene rings is 2. The molecule has 5 fully saturated rings. The number of carboxylic acids is 1. The first-order valence-electron chi connectivity index (χ1n) is 25.1. The molecule has 0 atom stereocenters. The SMILES string of the molecule is CC(C)(C)OC(=O)N1CCNCC1.N#Cc1cnc(Cl)cn1.N#Cc1cnc(N2CCN(C(=O)Cc3ccc(C4CC4)cc3)CC2)cn1.N#Cc1cnc(N2CCNCC2)cn1.O=C(O)Cc1ccc(C2CC2)cc1. The molecule has 3 aliphatic heterocycles. The molecule has 3 N–H and O–H groups in total. The highest BCUT2D eigenvalue weighted by atomic mass is 35.5. The second-order valence-electron chi connectivity index (χ2n) is 19.2. The molecule has 3 aromatic heterocycles. The molecule has 2 aliphatic carbocycles. The van der Waals surface area contributed by atoms with Gasteiger partial charge in [-0.25, -0.2) is 34.7 Å². The van der Waals surface area contributed by atoms with Crippen LogP contribution in [0.25, 0.3) is 0 Å². The minimum absolute atomic E-state index is 0.130. The lowest BCUT2D eigenvalue weighted by Gasteiger charge is -2.35. The van der Waals surface area contributed by atoms with Crippen molar-refractivity contribution in [2.45, 2.75) is 76.7 Å². The summed E-state index contributed by atoms with van der Waals surface area (Å²) in [5, 5.41) is 40.9. The number of nitrogens with one attached hydrogen (secondary N) is 2. The smallest absolute Gasteiger partial charge is 0.410 e. The molecule has 0 spiro atoms. The zero-order chi connectivity index (χ0) is 53.6. The molecule has 5 aromatic rings. The van der Waals surface area contributed by atoms with Crippen molar-refractivity contribution in [3.8, 4) is 18.2 Å². The highest BCUT2D eigenvalue weighted by Gasteiger charge is 2.26. The van der Waals surface area contributed by atoms with Gasteiger partial charge in [-0.3, -0.25) is 9.59 Å². The summed E-state index contributed by atoms with van der Waals surface area (Å²) in [6, 6.07) is 22.2. The molecule has 10 rings (SSSR count). The highest BCUT2D eigenvalue weighted by molar-refractivity contribution is 6.29. The van der Waals surface area contributed by atoms with Crippen LogP contribution in [0.1, 0.15) is 97.6 Å². The van der Waals surface area contributed by atoms with Crippen molar-refractivity contribution >= 4 is 41.2 Å². The topological polar surface area (TPSA) is 266 Å². The molecular formula is C54H64ClN15O5. The standard InChI is InChI=1S/C20H21N5O.C11H12O2.C9H11N5.C9H18N2O2.C5H2ClN3/c21-12-18-13-23-19(14-22-18)24-7-9-25(10-8-24)20(26)11-15-1-3-16(4-2-15)17-5-6-17;12-11(13)7-8-1-3-9(4-2-8)10-5-6-10;10-5-8-6-13-9(7-12-8)14-3-1-11-2-4-14;1-9(2,3)13-8(12)11-6-4-10-5-7-11;6-5-3-8-4(1-7)2-9-5/h1-4,13-14,17H,5-11H2;1-4,10H,5-7H2,(H,12,13);6-7,11H,1-4H2;10H,4-7H2,1-3H3;2-3H. The van der Waals surface area contributed by atoms with Crippen LogP contribution in [0.5, 0.6) is 0 Å². The Kier molecular flexibility index (Phi) is 21.5. The summed E-state index contributed by atoms with van der Waals surface area (Å²) in [5.74, 6) is 2.52. The fourth-order valence-corrected chi connectivity index (χ4v) is 7.91. The van der Waals surface area contributed by atoms with Crippen LogP contribution in [0.2, 0.25) is 5.15 Å². The summed E-state index contributed by atoms with van der Waals surface area (Å²) in [6.45, 7) is 15.5. The molecule has 6 heterocycles. The van der Waals surface area contributed by atoms with Crippen molar-refractivity contribution in [3.05, 3.63) is 130 Å². The van der Waals surface area contributed by atoms with E-state index >= 15 is 0 Å². The number of aliphatic carboxylic acids is 1. The maximum Gasteiger partial charge on any atom is 0.410 e. The van der Waals surface area contributed by atoms with Crippen LogP contribution in [0.3, 0.4) is 0 Å². The number of carbonyl (C=O) groups is 3. The van der Waals surface area contributed by atoms with Crippen molar-refractivity contribution in [2.75, 3.05) is 88.3 Å². The Labute approximate surface area is 443 Å². The average Bonchev–Trinajstić information content (AvgIpc) is 4.39. The third-order valence-electron chi connectivity index (χ3n) is 12.2. The number of carboxylic acid groups (broad SMARTS) is 1. The van der Waals surface area contributed by atoms with Crippen LogP contribution >= 0.6 is 11.6 Å². The van der Waals surface area contributed by atoms with E-state index in [1.165, 1.54) is 61.6 Å². The van der Waals surface area contributed by atoms with Gasteiger partial charge in [-0.15, -0.1) is 0 Å². The van der Waals surface area contributed by atoms with E-state index in [0.29, 0.717) is 36.1 Å². The zero-order valence-electron chi connectivity index (χ0n) is 42.7. The molecule has 20 nitrogen and oxygen atoms in total. The Balaban J connectivity index is 0.000000161.